The number of carbonyl (C=O) groups excluding carboxylic acids is 1. The van der Waals surface area contributed by atoms with E-state index in [1.54, 1.807) is 13.3 Å². The van der Waals surface area contributed by atoms with Gasteiger partial charge in [-0.15, -0.1) is 0 Å². The molecule has 1 N–H and O–H groups in total. The molecule has 1 fully saturated rings. The molecule has 0 radical (unpaired) electrons. The summed E-state index contributed by atoms with van der Waals surface area (Å²) in [6.07, 6.45) is 3.82. The topological polar surface area (TPSA) is 54.5 Å². The number of hydrogen-bond acceptors (Lipinski definition) is 3. The summed E-state index contributed by atoms with van der Waals surface area (Å²) in [5.41, 5.74) is 2.54. The van der Waals surface area contributed by atoms with Gasteiger partial charge in [-0.1, -0.05) is 36.4 Å². The van der Waals surface area contributed by atoms with Crippen molar-refractivity contribution < 1.29 is 9.53 Å². The molecule has 1 saturated carbocycles. The highest BCUT2D eigenvalue weighted by atomic mass is 16.5. The van der Waals surface area contributed by atoms with E-state index in [1.807, 2.05) is 59.5 Å². The third-order valence-corrected chi connectivity index (χ3v) is 4.66. The second kappa shape index (κ2) is 7.04. The van der Waals surface area contributed by atoms with Crippen LogP contribution in [-0.4, -0.2) is 29.1 Å². The van der Waals surface area contributed by atoms with Gasteiger partial charge in [0.25, 0.3) is 0 Å². The predicted octanol–water partition coefficient (Wildman–Crippen LogP) is 4.44. The largest absolute Gasteiger partial charge is 0.496 e. The average Bonchev–Trinajstić information content (AvgIpc) is 3.51. The Balaban J connectivity index is 1.58. The number of pyridine rings is 1. The van der Waals surface area contributed by atoms with Crippen molar-refractivity contribution in [1.82, 2.24) is 9.88 Å². The van der Waals surface area contributed by atoms with Crippen molar-refractivity contribution in [2.75, 3.05) is 12.4 Å². The molecule has 0 saturated heterocycles. The summed E-state index contributed by atoms with van der Waals surface area (Å²) < 4.78 is 5.43. The normalized spacial score (nSPS) is 13.4. The van der Waals surface area contributed by atoms with Gasteiger partial charge in [-0.3, -0.25) is 4.98 Å². The molecule has 0 unspecified atom stereocenters. The zero-order valence-corrected chi connectivity index (χ0v) is 14.7. The number of aromatic nitrogens is 1. The third kappa shape index (κ3) is 3.33. The van der Waals surface area contributed by atoms with Gasteiger partial charge in [-0.2, -0.15) is 0 Å². The molecule has 132 valence electrons. The van der Waals surface area contributed by atoms with Crippen LogP contribution in [0.4, 0.5) is 10.5 Å². The van der Waals surface area contributed by atoms with Crippen molar-refractivity contribution in [3.63, 3.8) is 0 Å². The second-order valence-corrected chi connectivity index (χ2v) is 6.48. The van der Waals surface area contributed by atoms with E-state index in [1.165, 1.54) is 0 Å². The number of rotatable bonds is 5. The molecular weight excluding hydrogens is 326 g/mol. The molecule has 0 aliphatic heterocycles. The van der Waals surface area contributed by atoms with Gasteiger partial charge in [0.15, 0.2) is 0 Å². The first-order valence-electron chi connectivity index (χ1n) is 8.79. The number of amides is 2. The smallest absolute Gasteiger partial charge is 0.322 e. The van der Waals surface area contributed by atoms with Crippen LogP contribution in [0.5, 0.6) is 5.75 Å². The van der Waals surface area contributed by atoms with Crippen LogP contribution >= 0.6 is 0 Å². The fourth-order valence-electron chi connectivity index (χ4n) is 3.16. The van der Waals surface area contributed by atoms with E-state index in [0.29, 0.717) is 6.54 Å². The highest BCUT2D eigenvalue weighted by molar-refractivity contribution is 5.99. The molecule has 0 atom stereocenters. The van der Waals surface area contributed by atoms with Crippen LogP contribution < -0.4 is 10.1 Å². The minimum Gasteiger partial charge on any atom is -0.496 e. The maximum absolute atomic E-state index is 13.0. The molecule has 1 aliphatic carbocycles. The standard InChI is InChI=1S/C21H21N3O2/c1-26-19-10-3-2-6-16(19)14-24(17-11-12-17)21(25)23-18-9-4-7-15-8-5-13-22-20(15)18/h2-10,13,17H,11-12,14H2,1H3,(H,23,25). The Labute approximate surface area is 152 Å². The Hall–Kier alpha value is -3.08. The average molecular weight is 347 g/mol. The summed E-state index contributed by atoms with van der Waals surface area (Å²) >= 11 is 0. The van der Waals surface area contributed by atoms with Crippen molar-refractivity contribution in [2.45, 2.75) is 25.4 Å². The molecule has 0 spiro atoms. The lowest BCUT2D eigenvalue weighted by Crippen LogP contribution is -2.36. The number of urea groups is 1. The van der Waals surface area contributed by atoms with Crippen LogP contribution in [-0.2, 0) is 6.54 Å². The Bertz CT molecular complexity index is 932. The van der Waals surface area contributed by atoms with Gasteiger partial charge in [0.05, 0.1) is 24.9 Å². The van der Waals surface area contributed by atoms with Crippen LogP contribution in [0.2, 0.25) is 0 Å². The first-order chi connectivity index (χ1) is 12.8. The lowest BCUT2D eigenvalue weighted by Gasteiger charge is -2.24. The molecule has 1 aromatic heterocycles. The third-order valence-electron chi connectivity index (χ3n) is 4.66. The Morgan fingerprint density at radius 1 is 1.15 bits per heavy atom. The van der Waals surface area contributed by atoms with Crippen LogP contribution in [0.1, 0.15) is 18.4 Å². The van der Waals surface area contributed by atoms with Gasteiger partial charge in [-0.25, -0.2) is 4.79 Å². The van der Waals surface area contributed by atoms with Crippen molar-refractivity contribution in [3.05, 3.63) is 66.4 Å². The summed E-state index contributed by atoms with van der Waals surface area (Å²) in [4.78, 5) is 19.3. The molecule has 2 amide bonds. The number of ether oxygens (including phenoxy) is 1. The highest BCUT2D eigenvalue weighted by Crippen LogP contribution is 2.31. The van der Waals surface area contributed by atoms with Gasteiger partial charge in [0.1, 0.15) is 5.75 Å². The number of fused-ring (bicyclic) bond motifs is 1. The maximum Gasteiger partial charge on any atom is 0.322 e. The molecule has 4 rings (SSSR count). The van der Waals surface area contributed by atoms with Gasteiger partial charge in [0, 0.05) is 23.2 Å². The van der Waals surface area contributed by atoms with E-state index < -0.39 is 0 Å². The highest BCUT2D eigenvalue weighted by Gasteiger charge is 2.33. The Kier molecular flexibility index (Phi) is 4.44. The van der Waals surface area contributed by atoms with Gasteiger partial charge >= 0.3 is 6.03 Å². The zero-order valence-electron chi connectivity index (χ0n) is 14.7. The number of nitrogens with zero attached hydrogens (tertiary/aromatic N) is 2. The van der Waals surface area contributed by atoms with Gasteiger partial charge < -0.3 is 15.0 Å². The number of nitrogens with one attached hydrogen (secondary N) is 1. The lowest BCUT2D eigenvalue weighted by atomic mass is 10.2. The quantitative estimate of drug-likeness (QED) is 0.742. The number of hydrogen-bond donors (Lipinski definition) is 1. The summed E-state index contributed by atoms with van der Waals surface area (Å²) in [6, 6.07) is 17.7. The van der Waals surface area contributed by atoms with Crippen LogP contribution in [0.15, 0.2) is 60.8 Å². The van der Waals surface area contributed by atoms with Crippen LogP contribution in [0, 0.1) is 0 Å². The number of benzene rings is 2. The van der Waals surface area contributed by atoms with Gasteiger partial charge in [0.2, 0.25) is 0 Å². The molecule has 26 heavy (non-hydrogen) atoms. The van der Waals surface area contributed by atoms with Crippen LogP contribution in [0.3, 0.4) is 0 Å². The zero-order chi connectivity index (χ0) is 17.9. The van der Waals surface area contributed by atoms with E-state index in [0.717, 1.165) is 40.7 Å². The fourth-order valence-corrected chi connectivity index (χ4v) is 3.16. The first kappa shape index (κ1) is 16.4. The summed E-state index contributed by atoms with van der Waals surface area (Å²) in [7, 11) is 1.65. The minimum atomic E-state index is -0.100. The van der Waals surface area contributed by atoms with Crippen molar-refractivity contribution in [2.24, 2.45) is 0 Å². The lowest BCUT2D eigenvalue weighted by molar-refractivity contribution is 0.205. The summed E-state index contributed by atoms with van der Waals surface area (Å²) in [6.45, 7) is 0.526. The summed E-state index contributed by atoms with van der Waals surface area (Å²) in [5.74, 6) is 0.803. The van der Waals surface area contributed by atoms with E-state index in [-0.39, 0.29) is 12.1 Å². The molecule has 1 aliphatic rings. The van der Waals surface area contributed by atoms with Crippen LogP contribution in [0.25, 0.3) is 10.9 Å². The SMILES string of the molecule is COc1ccccc1CN(C(=O)Nc1cccc2cccnc12)C1CC1. The van der Waals surface area contributed by atoms with Gasteiger partial charge in [-0.05, 0) is 31.0 Å². The number of methoxy groups -OCH3 is 1. The Morgan fingerprint density at radius 2 is 1.96 bits per heavy atom. The molecule has 5 heteroatoms. The Morgan fingerprint density at radius 3 is 2.77 bits per heavy atom. The fraction of sp³-hybridized carbons (Fsp3) is 0.238. The second-order valence-electron chi connectivity index (χ2n) is 6.48. The predicted molar refractivity (Wildman–Crippen MR) is 102 cm³/mol. The van der Waals surface area contributed by atoms with E-state index >= 15 is 0 Å². The van der Waals surface area contributed by atoms with Crippen molar-refractivity contribution in [3.8, 4) is 5.75 Å². The van der Waals surface area contributed by atoms with Crippen molar-refractivity contribution >= 4 is 22.6 Å². The number of carbonyl (C=O) groups is 1. The molecule has 1 heterocycles. The molecule has 5 nitrogen and oxygen atoms in total. The number of para-hydroxylation sites is 2. The van der Waals surface area contributed by atoms with E-state index in [2.05, 4.69) is 10.3 Å². The van der Waals surface area contributed by atoms with Crippen molar-refractivity contribution in [1.29, 1.82) is 0 Å². The number of anilines is 1. The maximum atomic E-state index is 13.0. The molecule has 3 aromatic rings. The van der Waals surface area contributed by atoms with E-state index in [9.17, 15) is 4.79 Å². The summed E-state index contributed by atoms with van der Waals surface area (Å²) in [5, 5.41) is 4.06. The monoisotopic (exact) mass is 347 g/mol. The van der Waals surface area contributed by atoms with E-state index in [4.69, 9.17) is 4.74 Å². The molecule has 0 bridgehead atoms. The first-order valence-corrected chi connectivity index (χ1v) is 8.79. The minimum absolute atomic E-state index is 0.100. The molecular formula is C21H21N3O2. The molecule has 2 aromatic carbocycles.